The van der Waals surface area contributed by atoms with Crippen molar-refractivity contribution in [1.29, 1.82) is 0 Å². The van der Waals surface area contributed by atoms with Crippen LogP contribution in [0.25, 0.3) is 16.8 Å². The van der Waals surface area contributed by atoms with Crippen LogP contribution in [0.15, 0.2) is 30.9 Å². The molecule has 6 rings (SSSR count). The van der Waals surface area contributed by atoms with Gasteiger partial charge in [0, 0.05) is 35.3 Å². The third-order valence-electron chi connectivity index (χ3n) is 7.74. The Labute approximate surface area is 235 Å². The Morgan fingerprint density at radius 2 is 2.00 bits per heavy atom. The van der Waals surface area contributed by atoms with Crippen molar-refractivity contribution in [2.45, 2.75) is 50.6 Å². The van der Waals surface area contributed by atoms with E-state index in [0.717, 1.165) is 24.0 Å². The minimum atomic E-state index is -0.177. The van der Waals surface area contributed by atoms with Crippen molar-refractivity contribution in [2.24, 2.45) is 0 Å². The molecule has 0 radical (unpaired) electrons. The van der Waals surface area contributed by atoms with Gasteiger partial charge in [0.1, 0.15) is 24.4 Å². The van der Waals surface area contributed by atoms with Gasteiger partial charge < -0.3 is 20.5 Å². The van der Waals surface area contributed by atoms with Crippen molar-refractivity contribution in [3.05, 3.63) is 53.6 Å². The summed E-state index contributed by atoms with van der Waals surface area (Å²) in [7, 11) is 0. The summed E-state index contributed by atoms with van der Waals surface area (Å²) >= 11 is 0. The lowest BCUT2D eigenvalue weighted by Crippen LogP contribution is -2.46. The van der Waals surface area contributed by atoms with Crippen LogP contribution in [-0.4, -0.2) is 88.4 Å². The van der Waals surface area contributed by atoms with Crippen molar-refractivity contribution in [3.8, 4) is 23.0 Å². The fraction of sp³-hybridized carbons (Fsp3) is 0.393. The monoisotopic (exact) mass is 555 g/mol. The van der Waals surface area contributed by atoms with E-state index in [-0.39, 0.29) is 61.2 Å². The molecule has 13 nitrogen and oxygen atoms in total. The van der Waals surface area contributed by atoms with Crippen molar-refractivity contribution in [2.75, 3.05) is 25.6 Å². The van der Waals surface area contributed by atoms with Gasteiger partial charge >= 0.3 is 0 Å². The largest absolute Gasteiger partial charge is 0.394 e. The number of pyridine rings is 1. The van der Waals surface area contributed by atoms with Gasteiger partial charge in [-0.25, -0.2) is 15.0 Å². The minimum absolute atomic E-state index is 0.00619. The summed E-state index contributed by atoms with van der Waals surface area (Å²) < 4.78 is 6.65. The first kappa shape index (κ1) is 26.5. The quantitative estimate of drug-likeness (QED) is 0.172. The SMILES string of the molecule is CC(=O)c1c(C2C[C@H]3CC[C@@H](C2)N3C(=O)c2ncn[nH]2)nc2c(-c3ccc(C#CCOCCO)nc3)cnn2c1N. The summed E-state index contributed by atoms with van der Waals surface area (Å²) in [6.45, 7) is 1.88. The number of aromatic amines is 1. The van der Waals surface area contributed by atoms with Crippen LogP contribution in [0.1, 0.15) is 70.9 Å². The first-order valence-corrected chi connectivity index (χ1v) is 13.5. The molecule has 4 aromatic rings. The number of aromatic nitrogens is 7. The molecule has 2 bridgehead atoms. The lowest BCUT2D eigenvalue weighted by atomic mass is 9.85. The fourth-order valence-electron chi connectivity index (χ4n) is 6.00. The second-order valence-electron chi connectivity index (χ2n) is 10.2. The Morgan fingerprint density at radius 1 is 1.20 bits per heavy atom. The van der Waals surface area contributed by atoms with Crippen molar-refractivity contribution in [3.63, 3.8) is 0 Å². The van der Waals surface area contributed by atoms with E-state index < -0.39 is 0 Å². The van der Waals surface area contributed by atoms with Gasteiger partial charge in [-0.1, -0.05) is 5.92 Å². The van der Waals surface area contributed by atoms with Crippen molar-refractivity contribution in [1.82, 2.24) is 39.7 Å². The number of ketones is 1. The number of fused-ring (bicyclic) bond motifs is 3. The number of anilines is 1. The highest BCUT2D eigenvalue weighted by atomic mass is 16.5. The van der Waals surface area contributed by atoms with E-state index in [2.05, 4.69) is 37.1 Å². The number of amides is 1. The zero-order valence-corrected chi connectivity index (χ0v) is 22.4. The van der Waals surface area contributed by atoms with Crippen molar-refractivity contribution < 1.29 is 19.4 Å². The number of aliphatic hydroxyl groups excluding tert-OH is 1. The lowest BCUT2D eigenvalue weighted by Gasteiger charge is -2.38. The summed E-state index contributed by atoms with van der Waals surface area (Å²) in [6, 6.07) is 3.69. The number of carbonyl (C=O) groups excluding carboxylic acids is 2. The Morgan fingerprint density at radius 3 is 2.66 bits per heavy atom. The predicted molar refractivity (Wildman–Crippen MR) is 147 cm³/mol. The molecular formula is C28H29N9O4. The zero-order valence-electron chi connectivity index (χ0n) is 22.4. The van der Waals surface area contributed by atoms with Crippen LogP contribution in [0, 0.1) is 11.8 Å². The average Bonchev–Trinajstić information content (AvgIpc) is 3.71. The normalized spacial score (nSPS) is 19.8. The molecule has 0 saturated carbocycles. The van der Waals surface area contributed by atoms with E-state index in [4.69, 9.17) is 20.6 Å². The Kier molecular flexibility index (Phi) is 7.17. The highest BCUT2D eigenvalue weighted by molar-refractivity contribution is 6.00. The third kappa shape index (κ3) is 4.92. The van der Waals surface area contributed by atoms with Gasteiger partial charge in [-0.05, 0) is 50.7 Å². The number of ether oxygens (including phenoxy) is 1. The maximum atomic E-state index is 13.1. The van der Waals surface area contributed by atoms with Gasteiger partial charge in [0.25, 0.3) is 5.91 Å². The first-order valence-electron chi connectivity index (χ1n) is 13.5. The Bertz CT molecular complexity index is 1640. The van der Waals surface area contributed by atoms with E-state index in [9.17, 15) is 9.59 Å². The molecule has 6 heterocycles. The zero-order chi connectivity index (χ0) is 28.5. The molecule has 0 aromatic carbocycles. The molecule has 1 unspecified atom stereocenters. The number of nitrogens with one attached hydrogen (secondary N) is 1. The number of rotatable bonds is 7. The van der Waals surface area contributed by atoms with Crippen LogP contribution >= 0.6 is 0 Å². The van der Waals surface area contributed by atoms with Crippen LogP contribution < -0.4 is 5.73 Å². The summed E-state index contributed by atoms with van der Waals surface area (Å²) in [6.07, 6.45) is 7.78. The minimum Gasteiger partial charge on any atom is -0.394 e. The molecule has 0 spiro atoms. The molecule has 41 heavy (non-hydrogen) atoms. The van der Waals surface area contributed by atoms with Gasteiger partial charge in [-0.2, -0.15) is 14.7 Å². The lowest BCUT2D eigenvalue weighted by molar-refractivity contribution is 0.0556. The fourth-order valence-corrected chi connectivity index (χ4v) is 6.00. The third-order valence-corrected chi connectivity index (χ3v) is 7.74. The second-order valence-corrected chi connectivity index (χ2v) is 10.2. The number of Topliss-reactive ketones (excluding diaryl/α,β-unsaturated/α-hetero) is 1. The molecule has 4 N–H and O–H groups in total. The molecule has 4 aromatic heterocycles. The van der Waals surface area contributed by atoms with Gasteiger partial charge in [0.05, 0.1) is 30.7 Å². The first-order chi connectivity index (χ1) is 20.0. The maximum absolute atomic E-state index is 13.1. The van der Waals surface area contributed by atoms with Crippen LogP contribution in [-0.2, 0) is 4.74 Å². The summed E-state index contributed by atoms with van der Waals surface area (Å²) in [5.74, 6) is 5.89. The van der Waals surface area contributed by atoms with E-state index in [1.807, 2.05) is 11.0 Å². The van der Waals surface area contributed by atoms with Crippen molar-refractivity contribution >= 4 is 23.2 Å². The number of carbonyl (C=O) groups is 2. The maximum Gasteiger partial charge on any atom is 0.291 e. The van der Waals surface area contributed by atoms with E-state index in [0.29, 0.717) is 35.4 Å². The number of nitrogen functional groups attached to an aromatic ring is 1. The standard InChI is InChI=1S/C28H29N9O4/c1-16(39)23-24(18-11-20-6-7-21(12-18)36(20)28(40)26-31-15-32-35-26)34-27-22(14-33-37(27)25(23)29)17-4-5-19(30-13-17)3-2-9-41-10-8-38/h4-5,13-15,18,20-21,38H,6-12,29H2,1H3,(H,31,32,35)/t18?,20-,21+. The molecule has 2 aliphatic rings. The summed E-state index contributed by atoms with van der Waals surface area (Å²) in [5.41, 5.74) is 10.2. The second kappa shape index (κ2) is 11.1. The molecule has 2 fully saturated rings. The van der Waals surface area contributed by atoms with Gasteiger partial charge in [0.15, 0.2) is 11.4 Å². The molecule has 2 aliphatic heterocycles. The van der Waals surface area contributed by atoms with E-state index in [1.165, 1.54) is 17.8 Å². The highest BCUT2D eigenvalue weighted by Gasteiger charge is 2.45. The number of aliphatic hydroxyl groups is 1. The molecule has 210 valence electrons. The molecule has 1 amide bonds. The van der Waals surface area contributed by atoms with Crippen LogP contribution in [0.4, 0.5) is 5.82 Å². The number of hydrogen-bond acceptors (Lipinski definition) is 10. The van der Waals surface area contributed by atoms with E-state index >= 15 is 0 Å². The van der Waals surface area contributed by atoms with Crippen LogP contribution in [0.3, 0.4) is 0 Å². The smallest absolute Gasteiger partial charge is 0.291 e. The number of hydrogen-bond donors (Lipinski definition) is 3. The highest BCUT2D eigenvalue weighted by Crippen LogP contribution is 2.45. The van der Waals surface area contributed by atoms with Crippen LogP contribution in [0.5, 0.6) is 0 Å². The van der Waals surface area contributed by atoms with Gasteiger partial charge in [-0.3, -0.25) is 14.7 Å². The van der Waals surface area contributed by atoms with Crippen LogP contribution in [0.2, 0.25) is 0 Å². The molecule has 3 atom stereocenters. The van der Waals surface area contributed by atoms with Gasteiger partial charge in [-0.15, -0.1) is 0 Å². The molecule has 0 aliphatic carbocycles. The topological polar surface area (TPSA) is 178 Å². The van der Waals surface area contributed by atoms with E-state index in [1.54, 1.807) is 18.5 Å². The number of nitrogens with zero attached hydrogens (tertiary/aromatic N) is 7. The van der Waals surface area contributed by atoms with Gasteiger partial charge in [0.2, 0.25) is 5.82 Å². The summed E-state index contributed by atoms with van der Waals surface area (Å²) in [4.78, 5) is 41.4. The number of H-pyrrole nitrogens is 1. The molecule has 2 saturated heterocycles. The predicted octanol–water partition coefficient (Wildman–Crippen LogP) is 1.61. The molecule has 13 heteroatoms. The number of piperidine rings is 1. The Hall–Kier alpha value is -4.67. The average molecular weight is 556 g/mol. The summed E-state index contributed by atoms with van der Waals surface area (Å²) in [5, 5.41) is 19.7. The number of nitrogens with two attached hydrogens (primary N) is 1. The Balaban J connectivity index is 1.31. The molecular weight excluding hydrogens is 526 g/mol.